The van der Waals surface area contributed by atoms with Crippen LogP contribution in [0.2, 0.25) is 0 Å². The largest absolute Gasteiger partial charge is 0.256 e. The van der Waals surface area contributed by atoms with Crippen molar-refractivity contribution in [3.8, 4) is 0 Å². The first-order valence-electron chi connectivity index (χ1n) is 13.4. The number of fused-ring (bicyclic) bond motifs is 3. The topological polar surface area (TPSA) is 6.25 Å². The highest BCUT2D eigenvalue weighted by Crippen LogP contribution is 2.57. The molecule has 1 aliphatic heterocycles. The molecule has 0 saturated heterocycles. The molecule has 0 radical (unpaired) electrons. The summed E-state index contributed by atoms with van der Waals surface area (Å²) < 4.78 is 21.9. The van der Waals surface area contributed by atoms with Crippen LogP contribution in [0.3, 0.4) is 0 Å². The van der Waals surface area contributed by atoms with Gasteiger partial charge < -0.3 is 0 Å². The lowest BCUT2D eigenvalue weighted by Gasteiger charge is -2.39. The standard InChI is InChI=1S/C30H43N2/c1-19(2)24-15-13-16-25(20(3)4)27(24)32-28(21(5)6)31(22(7)8)30(10)26-17-12-11-14-23(26)18-29(30,32)9/h11-17,19-22H,18H2,1-10H3/q+1/t29-,30+/m1/s1/i18D2. The zero-order valence-electron chi connectivity index (χ0n) is 23.7. The van der Waals surface area contributed by atoms with Crippen LogP contribution in [0.1, 0.15) is 106 Å². The normalized spacial score (nSPS) is 27.5. The van der Waals surface area contributed by atoms with E-state index in [0.717, 1.165) is 11.1 Å². The second-order valence-electron chi connectivity index (χ2n) is 11.2. The molecule has 2 aliphatic rings. The Balaban J connectivity index is 2.23. The van der Waals surface area contributed by atoms with Gasteiger partial charge in [0.15, 0.2) is 11.1 Å². The molecule has 32 heavy (non-hydrogen) atoms. The van der Waals surface area contributed by atoms with Gasteiger partial charge in [0, 0.05) is 25.8 Å². The van der Waals surface area contributed by atoms with Crippen LogP contribution < -0.4 is 4.90 Å². The first kappa shape index (κ1) is 20.5. The molecule has 2 heteroatoms. The lowest BCUT2D eigenvalue weighted by atomic mass is 9.77. The van der Waals surface area contributed by atoms with Gasteiger partial charge in [-0.1, -0.05) is 84.0 Å². The van der Waals surface area contributed by atoms with Crippen molar-refractivity contribution >= 4 is 11.5 Å². The zero-order chi connectivity index (χ0) is 25.4. The van der Waals surface area contributed by atoms with Crippen molar-refractivity contribution in [3.05, 3.63) is 64.7 Å². The van der Waals surface area contributed by atoms with Gasteiger partial charge in [-0.05, 0) is 45.1 Å². The zero-order valence-corrected chi connectivity index (χ0v) is 21.7. The molecule has 0 N–H and O–H groups in total. The van der Waals surface area contributed by atoms with Crippen LogP contribution in [0.5, 0.6) is 0 Å². The molecule has 1 heterocycles. The van der Waals surface area contributed by atoms with Gasteiger partial charge in [-0.25, -0.2) is 9.48 Å². The highest BCUT2D eigenvalue weighted by atomic mass is 15.4. The van der Waals surface area contributed by atoms with Gasteiger partial charge >= 0.3 is 0 Å². The molecular formula is C30H43N2+. The molecule has 2 aromatic carbocycles. The van der Waals surface area contributed by atoms with Crippen molar-refractivity contribution in [2.75, 3.05) is 4.90 Å². The monoisotopic (exact) mass is 433 g/mol. The number of amidine groups is 1. The Labute approximate surface area is 199 Å². The fraction of sp³-hybridized carbons (Fsp3) is 0.567. The second-order valence-corrected chi connectivity index (χ2v) is 11.2. The summed E-state index contributed by atoms with van der Waals surface area (Å²) in [7, 11) is 0. The number of hydrogen-bond acceptors (Lipinski definition) is 1. The fourth-order valence-corrected chi connectivity index (χ4v) is 6.29. The Hall–Kier alpha value is -2.09. The van der Waals surface area contributed by atoms with E-state index in [2.05, 4.69) is 109 Å². The summed E-state index contributed by atoms with van der Waals surface area (Å²) in [6.45, 7) is 22.5. The van der Waals surface area contributed by atoms with E-state index in [9.17, 15) is 2.74 Å². The van der Waals surface area contributed by atoms with E-state index < -0.39 is 17.5 Å². The van der Waals surface area contributed by atoms with Crippen LogP contribution in [-0.2, 0) is 11.9 Å². The third-order valence-corrected chi connectivity index (χ3v) is 7.78. The molecule has 2 aromatic rings. The summed E-state index contributed by atoms with van der Waals surface area (Å²) in [5.74, 6) is 2.14. The minimum absolute atomic E-state index is 0.224. The molecule has 4 rings (SSSR count). The maximum Gasteiger partial charge on any atom is 0.256 e. The third kappa shape index (κ3) is 2.94. The number of benzene rings is 2. The molecule has 0 bridgehead atoms. The summed E-state index contributed by atoms with van der Waals surface area (Å²) in [6, 6.07) is 15.1. The molecular weight excluding hydrogens is 388 g/mol. The molecule has 0 amide bonds. The lowest BCUT2D eigenvalue weighted by Crippen LogP contribution is -2.56. The number of rotatable bonds is 5. The van der Waals surface area contributed by atoms with E-state index >= 15 is 0 Å². The average Bonchev–Trinajstić information content (AvgIpc) is 3.06. The van der Waals surface area contributed by atoms with Crippen LogP contribution in [0.15, 0.2) is 42.5 Å². The Bertz CT molecular complexity index is 1120. The molecule has 2 atom stereocenters. The van der Waals surface area contributed by atoms with Crippen molar-refractivity contribution in [3.63, 3.8) is 0 Å². The predicted octanol–water partition coefficient (Wildman–Crippen LogP) is 7.46. The van der Waals surface area contributed by atoms with Crippen molar-refractivity contribution < 1.29 is 7.32 Å². The predicted molar refractivity (Wildman–Crippen MR) is 138 cm³/mol. The average molecular weight is 434 g/mol. The highest BCUT2D eigenvalue weighted by molar-refractivity contribution is 6.01. The summed E-state index contributed by atoms with van der Waals surface area (Å²) in [4.78, 5) is 2.46. The Kier molecular flexibility index (Phi) is 4.97. The fourth-order valence-electron chi connectivity index (χ4n) is 6.29. The number of hydrogen-bond donors (Lipinski definition) is 0. The summed E-state index contributed by atoms with van der Waals surface area (Å²) >= 11 is 0. The maximum absolute atomic E-state index is 9.70. The van der Waals surface area contributed by atoms with Gasteiger partial charge in [-0.2, -0.15) is 0 Å². The van der Waals surface area contributed by atoms with E-state index in [1.165, 1.54) is 22.6 Å². The van der Waals surface area contributed by atoms with Crippen LogP contribution >= 0.6 is 0 Å². The van der Waals surface area contributed by atoms with Crippen molar-refractivity contribution in [2.45, 2.75) is 105 Å². The van der Waals surface area contributed by atoms with E-state index in [0.29, 0.717) is 11.8 Å². The van der Waals surface area contributed by atoms with Gasteiger partial charge in [-0.3, -0.25) is 0 Å². The molecule has 0 spiro atoms. The third-order valence-electron chi connectivity index (χ3n) is 7.78. The summed E-state index contributed by atoms with van der Waals surface area (Å²) in [5, 5.41) is 0. The van der Waals surface area contributed by atoms with E-state index in [4.69, 9.17) is 0 Å². The van der Waals surface area contributed by atoms with E-state index in [1.54, 1.807) is 0 Å². The molecule has 0 unspecified atom stereocenters. The molecule has 0 aromatic heterocycles. The summed E-state index contributed by atoms with van der Waals surface area (Å²) in [6.07, 6.45) is -1.54. The van der Waals surface area contributed by atoms with Gasteiger partial charge in [0.2, 0.25) is 0 Å². The lowest BCUT2D eigenvalue weighted by molar-refractivity contribution is -0.639. The molecule has 0 saturated carbocycles. The first-order chi connectivity index (χ1) is 15.7. The summed E-state index contributed by atoms with van der Waals surface area (Å²) in [5.41, 5.74) is 4.42. The smallest absolute Gasteiger partial charge is 0.249 e. The van der Waals surface area contributed by atoms with Gasteiger partial charge in [-0.15, -0.1) is 0 Å². The highest BCUT2D eigenvalue weighted by Gasteiger charge is 2.70. The molecule has 1 aliphatic carbocycles. The van der Waals surface area contributed by atoms with E-state index in [1.807, 2.05) is 12.1 Å². The molecule has 172 valence electrons. The number of nitrogens with zero attached hydrogens (tertiary/aromatic N) is 2. The number of para-hydroxylation sites is 1. The Morgan fingerprint density at radius 2 is 1.38 bits per heavy atom. The Morgan fingerprint density at radius 1 is 0.812 bits per heavy atom. The molecule has 0 fully saturated rings. The van der Waals surface area contributed by atoms with Crippen molar-refractivity contribution in [2.24, 2.45) is 5.92 Å². The van der Waals surface area contributed by atoms with Crippen LogP contribution in [-0.4, -0.2) is 22.0 Å². The van der Waals surface area contributed by atoms with Crippen LogP contribution in [0, 0.1) is 5.92 Å². The SMILES string of the molecule is [2H]C1([2H])c2ccccc2[C@]2(C)[N+](C(C)C)=C(C(C)C)N(c3c(C(C)C)cccc3C(C)C)[C@]12C. The quantitative estimate of drug-likeness (QED) is 0.444. The van der Waals surface area contributed by atoms with Crippen LogP contribution in [0.4, 0.5) is 5.69 Å². The number of anilines is 1. The first-order valence-corrected chi connectivity index (χ1v) is 12.4. The maximum atomic E-state index is 9.70. The van der Waals surface area contributed by atoms with Crippen LogP contribution in [0.25, 0.3) is 0 Å². The molecule has 2 nitrogen and oxygen atoms in total. The van der Waals surface area contributed by atoms with Crippen molar-refractivity contribution in [1.82, 2.24) is 0 Å². The van der Waals surface area contributed by atoms with Gasteiger partial charge in [0.25, 0.3) is 5.84 Å². The Morgan fingerprint density at radius 3 is 1.88 bits per heavy atom. The van der Waals surface area contributed by atoms with Gasteiger partial charge in [0.1, 0.15) is 5.69 Å². The minimum Gasteiger partial charge on any atom is -0.249 e. The van der Waals surface area contributed by atoms with Crippen molar-refractivity contribution in [1.29, 1.82) is 0 Å². The van der Waals surface area contributed by atoms with Gasteiger partial charge in [0.05, 0.1) is 12.0 Å². The minimum atomic E-state index is -1.54. The van der Waals surface area contributed by atoms with E-state index in [-0.39, 0.29) is 12.0 Å². The second kappa shape index (κ2) is 7.75.